The van der Waals surface area contributed by atoms with Gasteiger partial charge in [0.25, 0.3) is 0 Å². The van der Waals surface area contributed by atoms with Crippen molar-refractivity contribution < 1.29 is 10.2 Å². The van der Waals surface area contributed by atoms with E-state index in [9.17, 15) is 10.2 Å². The summed E-state index contributed by atoms with van der Waals surface area (Å²) in [5.41, 5.74) is 8.59. The van der Waals surface area contributed by atoms with Crippen molar-refractivity contribution in [3.63, 3.8) is 0 Å². The summed E-state index contributed by atoms with van der Waals surface area (Å²) < 4.78 is 0. The Kier molecular flexibility index (Phi) is 5.36. The summed E-state index contributed by atoms with van der Waals surface area (Å²) in [6.07, 6.45) is 3.38. The van der Waals surface area contributed by atoms with Gasteiger partial charge in [-0.25, -0.2) is 0 Å². The number of aryl methyl sites for hydroxylation is 4. The Hall–Kier alpha value is -2.22. The second-order valence-electron chi connectivity index (χ2n) is 9.40. The van der Waals surface area contributed by atoms with Crippen molar-refractivity contribution in [3.05, 3.63) is 68.8 Å². The molecule has 2 aromatic rings. The number of allylic oxidation sites excluding steroid dienone is 2. The van der Waals surface area contributed by atoms with E-state index < -0.39 is 0 Å². The molecule has 0 radical (unpaired) electrons. The third-order valence-corrected chi connectivity index (χ3v) is 6.40. The predicted octanol–water partition coefficient (Wildman–Crippen LogP) is 6.99. The molecule has 2 heteroatoms. The smallest absolute Gasteiger partial charge is 0.122 e. The van der Waals surface area contributed by atoms with Crippen LogP contribution in [0.1, 0.15) is 79.3 Å². The van der Waals surface area contributed by atoms with Crippen molar-refractivity contribution in [3.8, 4) is 11.5 Å². The third kappa shape index (κ3) is 3.57. The SMILES string of the molecule is CC1=C(C(c2cc(C)cc(C)c2O)c2cc(C)cc(C)c2O)C(C)(C)CCC1. The highest BCUT2D eigenvalue weighted by molar-refractivity contribution is 5.58. The van der Waals surface area contributed by atoms with Gasteiger partial charge in [0, 0.05) is 17.0 Å². The van der Waals surface area contributed by atoms with Gasteiger partial charge in [-0.05, 0) is 70.4 Å². The van der Waals surface area contributed by atoms with Gasteiger partial charge in [0.2, 0.25) is 0 Å². The molecule has 0 aromatic heterocycles. The topological polar surface area (TPSA) is 40.5 Å². The molecule has 0 saturated heterocycles. The third-order valence-electron chi connectivity index (χ3n) is 6.40. The van der Waals surface area contributed by atoms with Crippen LogP contribution in [0.5, 0.6) is 11.5 Å². The van der Waals surface area contributed by atoms with Gasteiger partial charge in [-0.1, -0.05) is 60.4 Å². The van der Waals surface area contributed by atoms with Crippen molar-refractivity contribution in [1.29, 1.82) is 0 Å². The fraction of sp³-hybridized carbons (Fsp3) is 0.462. The van der Waals surface area contributed by atoms with Gasteiger partial charge in [-0.15, -0.1) is 0 Å². The van der Waals surface area contributed by atoms with E-state index in [0.717, 1.165) is 46.2 Å². The first-order chi connectivity index (χ1) is 13.0. The Balaban J connectivity index is 2.40. The lowest BCUT2D eigenvalue weighted by atomic mass is 9.64. The van der Waals surface area contributed by atoms with Crippen LogP contribution in [0.4, 0.5) is 0 Å². The minimum Gasteiger partial charge on any atom is -0.507 e. The molecule has 0 unspecified atom stereocenters. The number of benzene rings is 2. The lowest BCUT2D eigenvalue weighted by Gasteiger charge is -2.40. The lowest BCUT2D eigenvalue weighted by Crippen LogP contribution is -2.26. The van der Waals surface area contributed by atoms with Crippen LogP contribution in [-0.4, -0.2) is 10.2 Å². The van der Waals surface area contributed by atoms with Crippen molar-refractivity contribution in [2.45, 2.75) is 73.6 Å². The standard InChI is InChI=1S/C26H34O2/c1-15-11-18(4)24(27)20(13-15)22(21-14-16(2)12-19(5)25(21)28)23-17(3)9-8-10-26(23,6)7/h11-14,22,27-28H,8-10H2,1-7H3. The molecule has 3 rings (SSSR count). The second kappa shape index (κ2) is 7.31. The summed E-state index contributed by atoms with van der Waals surface area (Å²) in [6.45, 7) is 14.9. The molecule has 1 aliphatic carbocycles. The first-order valence-corrected chi connectivity index (χ1v) is 10.3. The number of rotatable bonds is 3. The summed E-state index contributed by atoms with van der Waals surface area (Å²) in [5.74, 6) is 0.541. The number of hydrogen-bond donors (Lipinski definition) is 2. The zero-order chi connectivity index (χ0) is 20.8. The minimum absolute atomic E-state index is 0.0151. The average Bonchev–Trinajstić information content (AvgIpc) is 2.58. The molecule has 2 nitrogen and oxygen atoms in total. The average molecular weight is 379 g/mol. The quantitative estimate of drug-likeness (QED) is 0.565. The molecule has 2 N–H and O–H groups in total. The minimum atomic E-state index is -0.146. The largest absolute Gasteiger partial charge is 0.507 e. The first kappa shape index (κ1) is 20.5. The zero-order valence-corrected chi connectivity index (χ0v) is 18.4. The van der Waals surface area contributed by atoms with Gasteiger partial charge >= 0.3 is 0 Å². The summed E-state index contributed by atoms with van der Waals surface area (Å²) >= 11 is 0. The normalized spacial score (nSPS) is 16.7. The number of phenolic OH excluding ortho intramolecular Hbond substituents is 2. The van der Waals surface area contributed by atoms with Crippen molar-refractivity contribution in [2.24, 2.45) is 5.41 Å². The molecule has 0 heterocycles. The van der Waals surface area contributed by atoms with E-state index >= 15 is 0 Å². The van der Waals surface area contributed by atoms with Crippen LogP contribution in [0, 0.1) is 33.1 Å². The van der Waals surface area contributed by atoms with Gasteiger partial charge in [0.15, 0.2) is 0 Å². The summed E-state index contributed by atoms with van der Waals surface area (Å²) in [7, 11) is 0. The maximum Gasteiger partial charge on any atom is 0.122 e. The highest BCUT2D eigenvalue weighted by Crippen LogP contribution is 2.53. The van der Waals surface area contributed by atoms with Crippen LogP contribution in [0.15, 0.2) is 35.4 Å². The van der Waals surface area contributed by atoms with E-state index in [1.807, 2.05) is 26.0 Å². The van der Waals surface area contributed by atoms with Crippen LogP contribution in [0.3, 0.4) is 0 Å². The van der Waals surface area contributed by atoms with E-state index in [0.29, 0.717) is 11.5 Å². The molecule has 0 fully saturated rings. The van der Waals surface area contributed by atoms with Crippen LogP contribution >= 0.6 is 0 Å². The summed E-state index contributed by atoms with van der Waals surface area (Å²) in [5, 5.41) is 22.1. The van der Waals surface area contributed by atoms with Crippen LogP contribution in [-0.2, 0) is 0 Å². The Morgan fingerprint density at radius 3 is 1.68 bits per heavy atom. The van der Waals surface area contributed by atoms with Gasteiger partial charge in [-0.3, -0.25) is 0 Å². The zero-order valence-electron chi connectivity index (χ0n) is 18.4. The van der Waals surface area contributed by atoms with E-state index in [1.54, 1.807) is 0 Å². The van der Waals surface area contributed by atoms with Crippen LogP contribution < -0.4 is 0 Å². The Morgan fingerprint density at radius 1 is 0.786 bits per heavy atom. The second-order valence-corrected chi connectivity index (χ2v) is 9.40. The van der Waals surface area contributed by atoms with E-state index in [2.05, 4.69) is 46.8 Å². The van der Waals surface area contributed by atoms with Crippen molar-refractivity contribution >= 4 is 0 Å². The van der Waals surface area contributed by atoms with Gasteiger partial charge < -0.3 is 10.2 Å². The fourth-order valence-corrected chi connectivity index (χ4v) is 5.18. The molecule has 150 valence electrons. The Labute approximate surface area is 169 Å². The highest BCUT2D eigenvalue weighted by atomic mass is 16.3. The molecular weight excluding hydrogens is 344 g/mol. The van der Waals surface area contributed by atoms with E-state index in [1.165, 1.54) is 17.6 Å². The number of hydrogen-bond acceptors (Lipinski definition) is 2. The van der Waals surface area contributed by atoms with E-state index in [-0.39, 0.29) is 11.3 Å². The summed E-state index contributed by atoms with van der Waals surface area (Å²) in [6, 6.07) is 8.22. The summed E-state index contributed by atoms with van der Waals surface area (Å²) in [4.78, 5) is 0. The molecule has 0 aliphatic heterocycles. The van der Waals surface area contributed by atoms with Crippen molar-refractivity contribution in [1.82, 2.24) is 0 Å². The first-order valence-electron chi connectivity index (χ1n) is 10.3. The molecule has 0 amide bonds. The molecule has 1 aliphatic rings. The molecule has 28 heavy (non-hydrogen) atoms. The Bertz CT molecular complexity index is 890. The molecule has 0 spiro atoms. The molecule has 0 saturated carbocycles. The molecule has 0 bridgehead atoms. The molecule has 0 atom stereocenters. The van der Waals surface area contributed by atoms with Crippen molar-refractivity contribution in [2.75, 3.05) is 0 Å². The highest BCUT2D eigenvalue weighted by Gasteiger charge is 2.37. The number of phenols is 2. The number of aromatic hydroxyl groups is 2. The van der Waals surface area contributed by atoms with Gasteiger partial charge in [0.05, 0.1) is 0 Å². The van der Waals surface area contributed by atoms with Gasteiger partial charge in [0.1, 0.15) is 11.5 Å². The van der Waals surface area contributed by atoms with E-state index in [4.69, 9.17) is 0 Å². The monoisotopic (exact) mass is 378 g/mol. The lowest BCUT2D eigenvalue weighted by molar-refractivity contribution is 0.346. The van der Waals surface area contributed by atoms with Crippen LogP contribution in [0.25, 0.3) is 0 Å². The van der Waals surface area contributed by atoms with Crippen LogP contribution in [0.2, 0.25) is 0 Å². The predicted molar refractivity (Wildman–Crippen MR) is 117 cm³/mol. The maximum atomic E-state index is 11.1. The molecule has 2 aromatic carbocycles. The Morgan fingerprint density at radius 2 is 1.25 bits per heavy atom. The van der Waals surface area contributed by atoms with Gasteiger partial charge in [-0.2, -0.15) is 0 Å². The maximum absolute atomic E-state index is 11.1. The fourth-order valence-electron chi connectivity index (χ4n) is 5.18. The molecular formula is C26H34O2.